The Morgan fingerprint density at radius 3 is 2.32 bits per heavy atom. The summed E-state index contributed by atoms with van der Waals surface area (Å²) in [5.41, 5.74) is 1.43. The zero-order valence-corrected chi connectivity index (χ0v) is 15.9. The van der Waals surface area contributed by atoms with Crippen LogP contribution in [0.2, 0.25) is 0 Å². The summed E-state index contributed by atoms with van der Waals surface area (Å²) < 4.78 is 18.7. The largest absolute Gasteiger partial charge is 0.459 e. The lowest BCUT2D eigenvalue weighted by Gasteiger charge is -2.32. The molecule has 1 aromatic carbocycles. The first kappa shape index (κ1) is 18.7. The second kappa shape index (κ2) is 8.17. The second-order valence-electron chi connectivity index (χ2n) is 7.70. The zero-order valence-electron chi connectivity index (χ0n) is 15.9. The Morgan fingerprint density at radius 1 is 0.964 bits per heavy atom. The van der Waals surface area contributed by atoms with E-state index in [0.29, 0.717) is 36.8 Å². The van der Waals surface area contributed by atoms with E-state index in [-0.39, 0.29) is 17.6 Å². The molecule has 2 aliphatic heterocycles. The van der Waals surface area contributed by atoms with Gasteiger partial charge in [0.1, 0.15) is 5.82 Å². The summed E-state index contributed by atoms with van der Waals surface area (Å²) >= 11 is 0. The Labute approximate surface area is 164 Å². The van der Waals surface area contributed by atoms with Crippen molar-refractivity contribution >= 4 is 11.8 Å². The molecule has 0 saturated carbocycles. The first-order valence-electron chi connectivity index (χ1n) is 10.0. The molecular formula is C22H25FN2O3. The van der Waals surface area contributed by atoms with Crippen molar-refractivity contribution in [3.8, 4) is 11.1 Å². The fraction of sp³-hybridized carbons (Fsp3) is 0.455. The van der Waals surface area contributed by atoms with Gasteiger partial charge in [-0.3, -0.25) is 9.59 Å². The Hall–Kier alpha value is -2.63. The number of benzene rings is 1. The van der Waals surface area contributed by atoms with Gasteiger partial charge in [0.15, 0.2) is 5.76 Å². The Kier molecular flexibility index (Phi) is 5.46. The molecule has 2 saturated heterocycles. The molecule has 0 N–H and O–H groups in total. The van der Waals surface area contributed by atoms with E-state index in [2.05, 4.69) is 0 Å². The summed E-state index contributed by atoms with van der Waals surface area (Å²) in [6.07, 6.45) is 5.96. The van der Waals surface area contributed by atoms with Crippen molar-refractivity contribution in [2.75, 3.05) is 26.2 Å². The number of carbonyl (C=O) groups excluding carboxylic acids is 2. The van der Waals surface area contributed by atoms with E-state index < -0.39 is 0 Å². The molecule has 3 heterocycles. The minimum absolute atomic E-state index is 0.145. The number of furan rings is 1. The summed E-state index contributed by atoms with van der Waals surface area (Å²) in [5, 5.41) is 0. The summed E-state index contributed by atoms with van der Waals surface area (Å²) in [7, 11) is 0. The standard InChI is InChI=1S/C22H25FN2O3/c23-18-5-3-17(4-6-18)19-9-14-28-21(19)22(27)25-12-7-16(8-13-25)15-20(26)24-10-1-2-11-24/h3-6,9,14,16H,1-2,7-8,10-13,15H2. The van der Waals surface area contributed by atoms with Crippen LogP contribution in [-0.4, -0.2) is 47.8 Å². The van der Waals surface area contributed by atoms with Gasteiger partial charge in [-0.15, -0.1) is 0 Å². The van der Waals surface area contributed by atoms with E-state index in [9.17, 15) is 14.0 Å². The quantitative estimate of drug-likeness (QED) is 0.802. The highest BCUT2D eigenvalue weighted by Crippen LogP contribution is 2.29. The lowest BCUT2D eigenvalue weighted by molar-refractivity contribution is -0.131. The third kappa shape index (κ3) is 3.96. The molecule has 148 valence electrons. The van der Waals surface area contributed by atoms with Crippen molar-refractivity contribution in [3.63, 3.8) is 0 Å². The molecule has 0 radical (unpaired) electrons. The van der Waals surface area contributed by atoms with Crippen molar-refractivity contribution in [1.82, 2.24) is 9.80 Å². The predicted octanol–water partition coefficient (Wildman–Crippen LogP) is 3.95. The van der Waals surface area contributed by atoms with Crippen LogP contribution in [0.15, 0.2) is 41.0 Å². The summed E-state index contributed by atoms with van der Waals surface area (Å²) in [5.74, 6) is 0.426. The van der Waals surface area contributed by atoms with Gasteiger partial charge >= 0.3 is 0 Å². The van der Waals surface area contributed by atoms with Gasteiger partial charge in [0.25, 0.3) is 5.91 Å². The van der Waals surface area contributed by atoms with Gasteiger partial charge in [0, 0.05) is 38.2 Å². The Bertz CT molecular complexity index is 832. The number of carbonyl (C=O) groups is 2. The highest BCUT2D eigenvalue weighted by atomic mass is 19.1. The van der Waals surface area contributed by atoms with Crippen LogP contribution in [0.3, 0.4) is 0 Å². The summed E-state index contributed by atoms with van der Waals surface area (Å²) in [6.45, 7) is 3.03. The molecule has 2 amide bonds. The molecule has 0 spiro atoms. The molecule has 2 aromatic rings. The molecular weight excluding hydrogens is 359 g/mol. The Morgan fingerprint density at radius 2 is 1.64 bits per heavy atom. The maximum Gasteiger partial charge on any atom is 0.290 e. The number of hydrogen-bond donors (Lipinski definition) is 0. The molecule has 1 aromatic heterocycles. The number of nitrogens with zero attached hydrogens (tertiary/aromatic N) is 2. The van der Waals surface area contributed by atoms with Crippen LogP contribution >= 0.6 is 0 Å². The van der Waals surface area contributed by atoms with Gasteiger partial charge < -0.3 is 14.2 Å². The van der Waals surface area contributed by atoms with Crippen LogP contribution in [0.4, 0.5) is 4.39 Å². The van der Waals surface area contributed by atoms with Gasteiger partial charge in [-0.1, -0.05) is 12.1 Å². The third-order valence-corrected chi connectivity index (χ3v) is 5.84. The number of likely N-dealkylation sites (tertiary alicyclic amines) is 2. The van der Waals surface area contributed by atoms with E-state index in [1.807, 2.05) is 4.90 Å². The molecule has 5 nitrogen and oxygen atoms in total. The van der Waals surface area contributed by atoms with Crippen molar-refractivity contribution in [2.24, 2.45) is 5.92 Å². The first-order chi connectivity index (χ1) is 13.6. The number of hydrogen-bond acceptors (Lipinski definition) is 3. The molecule has 0 atom stereocenters. The lowest BCUT2D eigenvalue weighted by Crippen LogP contribution is -2.40. The highest BCUT2D eigenvalue weighted by molar-refractivity contribution is 5.98. The number of amides is 2. The van der Waals surface area contributed by atoms with Gasteiger partial charge in [0.05, 0.1) is 6.26 Å². The van der Waals surface area contributed by atoms with Crippen LogP contribution in [0.25, 0.3) is 11.1 Å². The molecule has 0 bridgehead atoms. The van der Waals surface area contributed by atoms with Crippen LogP contribution in [0.1, 0.15) is 42.7 Å². The highest BCUT2D eigenvalue weighted by Gasteiger charge is 2.29. The molecule has 4 rings (SSSR count). The summed E-state index contributed by atoms with van der Waals surface area (Å²) in [4.78, 5) is 29.0. The average Bonchev–Trinajstić information content (AvgIpc) is 3.41. The molecule has 0 unspecified atom stereocenters. The van der Waals surface area contributed by atoms with Crippen molar-refractivity contribution in [2.45, 2.75) is 32.1 Å². The predicted molar refractivity (Wildman–Crippen MR) is 103 cm³/mol. The van der Waals surface area contributed by atoms with Crippen LogP contribution < -0.4 is 0 Å². The summed E-state index contributed by atoms with van der Waals surface area (Å²) in [6, 6.07) is 7.78. The second-order valence-corrected chi connectivity index (χ2v) is 7.70. The van der Waals surface area contributed by atoms with Crippen LogP contribution in [0, 0.1) is 11.7 Å². The number of halogens is 1. The van der Waals surface area contributed by atoms with E-state index in [0.717, 1.165) is 44.3 Å². The molecule has 28 heavy (non-hydrogen) atoms. The maximum absolute atomic E-state index is 13.2. The van der Waals surface area contributed by atoms with Crippen LogP contribution in [-0.2, 0) is 4.79 Å². The molecule has 0 aliphatic carbocycles. The number of rotatable bonds is 4. The third-order valence-electron chi connectivity index (χ3n) is 5.84. The van der Waals surface area contributed by atoms with Crippen molar-refractivity contribution in [1.29, 1.82) is 0 Å². The topological polar surface area (TPSA) is 53.8 Å². The smallest absolute Gasteiger partial charge is 0.290 e. The van der Waals surface area contributed by atoms with E-state index in [1.54, 1.807) is 23.1 Å². The fourth-order valence-corrected chi connectivity index (χ4v) is 4.16. The lowest BCUT2D eigenvalue weighted by atomic mass is 9.92. The normalized spacial score (nSPS) is 17.9. The van der Waals surface area contributed by atoms with E-state index >= 15 is 0 Å². The van der Waals surface area contributed by atoms with Crippen molar-refractivity contribution in [3.05, 3.63) is 48.2 Å². The fourth-order valence-electron chi connectivity index (χ4n) is 4.16. The van der Waals surface area contributed by atoms with Gasteiger partial charge in [-0.2, -0.15) is 0 Å². The number of piperidine rings is 1. The van der Waals surface area contributed by atoms with Crippen LogP contribution in [0.5, 0.6) is 0 Å². The minimum atomic E-state index is -0.314. The monoisotopic (exact) mass is 384 g/mol. The van der Waals surface area contributed by atoms with Crippen molar-refractivity contribution < 1.29 is 18.4 Å². The Balaban J connectivity index is 1.36. The van der Waals surface area contributed by atoms with Gasteiger partial charge in [-0.25, -0.2) is 4.39 Å². The first-order valence-corrected chi connectivity index (χ1v) is 10.0. The van der Waals surface area contributed by atoms with Gasteiger partial charge in [-0.05, 0) is 55.4 Å². The minimum Gasteiger partial charge on any atom is -0.459 e. The SMILES string of the molecule is O=C(CC1CCN(C(=O)c2occc2-c2ccc(F)cc2)CC1)N1CCCC1. The van der Waals surface area contributed by atoms with Gasteiger partial charge in [0.2, 0.25) is 5.91 Å². The zero-order chi connectivity index (χ0) is 19.5. The molecule has 2 aliphatic rings. The molecule has 6 heteroatoms. The average molecular weight is 384 g/mol. The van der Waals surface area contributed by atoms with E-state index in [1.165, 1.54) is 18.4 Å². The van der Waals surface area contributed by atoms with E-state index in [4.69, 9.17) is 4.42 Å². The maximum atomic E-state index is 13.2. The molecule has 2 fully saturated rings.